The SMILES string of the molecule is Brc1ccccc1CC1CCCNCC1. The highest BCUT2D eigenvalue weighted by Crippen LogP contribution is 2.24. The fourth-order valence-electron chi connectivity index (χ4n) is 2.27. The summed E-state index contributed by atoms with van der Waals surface area (Å²) in [5, 5.41) is 3.47. The van der Waals surface area contributed by atoms with Crippen molar-refractivity contribution in [3.05, 3.63) is 34.3 Å². The Balaban J connectivity index is 1.98. The summed E-state index contributed by atoms with van der Waals surface area (Å²) in [6.45, 7) is 2.39. The van der Waals surface area contributed by atoms with Crippen LogP contribution in [-0.2, 0) is 6.42 Å². The fourth-order valence-corrected chi connectivity index (χ4v) is 2.72. The van der Waals surface area contributed by atoms with Crippen LogP contribution < -0.4 is 5.32 Å². The van der Waals surface area contributed by atoms with Gasteiger partial charge in [-0.1, -0.05) is 34.1 Å². The molecule has 1 unspecified atom stereocenters. The van der Waals surface area contributed by atoms with Crippen LogP contribution in [0, 0.1) is 5.92 Å². The Kier molecular flexibility index (Phi) is 4.21. The van der Waals surface area contributed by atoms with Crippen LogP contribution in [0.3, 0.4) is 0 Å². The van der Waals surface area contributed by atoms with Crippen molar-refractivity contribution in [2.75, 3.05) is 13.1 Å². The van der Waals surface area contributed by atoms with Gasteiger partial charge >= 0.3 is 0 Å². The summed E-state index contributed by atoms with van der Waals surface area (Å²) in [6.07, 6.45) is 5.24. The van der Waals surface area contributed by atoms with E-state index in [0.717, 1.165) is 5.92 Å². The van der Waals surface area contributed by atoms with E-state index >= 15 is 0 Å². The van der Waals surface area contributed by atoms with Crippen molar-refractivity contribution in [2.45, 2.75) is 25.7 Å². The fraction of sp³-hybridized carbons (Fsp3) is 0.538. The van der Waals surface area contributed by atoms with Crippen LogP contribution in [0.2, 0.25) is 0 Å². The molecule has 1 saturated heterocycles. The lowest BCUT2D eigenvalue weighted by molar-refractivity contribution is 0.469. The maximum atomic E-state index is 3.63. The third kappa shape index (κ3) is 3.32. The van der Waals surface area contributed by atoms with E-state index in [1.165, 1.54) is 48.8 Å². The van der Waals surface area contributed by atoms with Gasteiger partial charge in [0, 0.05) is 4.47 Å². The lowest BCUT2D eigenvalue weighted by Gasteiger charge is -2.14. The van der Waals surface area contributed by atoms with E-state index in [4.69, 9.17) is 0 Å². The van der Waals surface area contributed by atoms with Gasteiger partial charge in [-0.05, 0) is 56.3 Å². The topological polar surface area (TPSA) is 12.0 Å². The van der Waals surface area contributed by atoms with E-state index in [2.05, 4.69) is 45.5 Å². The molecule has 1 nitrogen and oxygen atoms in total. The molecular weight excluding hydrogens is 250 g/mol. The number of benzene rings is 1. The first kappa shape index (κ1) is 11.2. The molecule has 1 aliphatic rings. The van der Waals surface area contributed by atoms with Crippen molar-refractivity contribution in [3.63, 3.8) is 0 Å². The minimum Gasteiger partial charge on any atom is -0.317 e. The molecule has 1 atom stereocenters. The van der Waals surface area contributed by atoms with Crippen molar-refractivity contribution in [1.29, 1.82) is 0 Å². The Labute approximate surface area is 100 Å². The Morgan fingerprint density at radius 3 is 2.93 bits per heavy atom. The molecule has 1 N–H and O–H groups in total. The van der Waals surface area contributed by atoms with Gasteiger partial charge in [-0.2, -0.15) is 0 Å². The third-order valence-electron chi connectivity index (χ3n) is 3.16. The molecule has 1 fully saturated rings. The maximum absolute atomic E-state index is 3.63. The summed E-state index contributed by atoms with van der Waals surface area (Å²) >= 11 is 3.63. The van der Waals surface area contributed by atoms with Gasteiger partial charge in [0.05, 0.1) is 0 Å². The lowest BCUT2D eigenvalue weighted by atomic mass is 9.93. The zero-order chi connectivity index (χ0) is 10.5. The van der Waals surface area contributed by atoms with Crippen LogP contribution in [0.5, 0.6) is 0 Å². The van der Waals surface area contributed by atoms with Gasteiger partial charge in [0.15, 0.2) is 0 Å². The van der Waals surface area contributed by atoms with E-state index < -0.39 is 0 Å². The highest BCUT2D eigenvalue weighted by molar-refractivity contribution is 9.10. The summed E-state index contributed by atoms with van der Waals surface area (Å²) < 4.78 is 1.27. The molecule has 0 aliphatic carbocycles. The van der Waals surface area contributed by atoms with Crippen LogP contribution >= 0.6 is 15.9 Å². The standard InChI is InChI=1S/C13H18BrN/c14-13-6-2-1-5-12(13)10-11-4-3-8-15-9-7-11/h1-2,5-6,11,15H,3-4,7-10H2. The van der Waals surface area contributed by atoms with Crippen LogP contribution in [0.4, 0.5) is 0 Å². The van der Waals surface area contributed by atoms with Gasteiger partial charge in [0.1, 0.15) is 0 Å². The summed E-state index contributed by atoms with van der Waals surface area (Å²) in [5.41, 5.74) is 1.46. The first-order valence-electron chi connectivity index (χ1n) is 5.80. The molecule has 2 rings (SSSR count). The highest BCUT2D eigenvalue weighted by atomic mass is 79.9. The number of hydrogen-bond donors (Lipinski definition) is 1. The van der Waals surface area contributed by atoms with Crippen molar-refractivity contribution >= 4 is 15.9 Å². The Morgan fingerprint density at radius 2 is 2.07 bits per heavy atom. The minimum absolute atomic E-state index is 0.860. The molecule has 1 aliphatic heterocycles. The second-order valence-corrected chi connectivity index (χ2v) is 5.20. The number of rotatable bonds is 2. The normalized spacial score (nSPS) is 22.3. The van der Waals surface area contributed by atoms with Gasteiger partial charge in [-0.15, -0.1) is 0 Å². The molecule has 0 bridgehead atoms. The number of halogens is 1. The largest absolute Gasteiger partial charge is 0.317 e. The van der Waals surface area contributed by atoms with Crippen LogP contribution in [0.1, 0.15) is 24.8 Å². The van der Waals surface area contributed by atoms with Crippen LogP contribution in [-0.4, -0.2) is 13.1 Å². The number of hydrogen-bond acceptors (Lipinski definition) is 1. The lowest BCUT2D eigenvalue weighted by Crippen LogP contribution is -2.14. The number of nitrogens with one attached hydrogen (secondary N) is 1. The van der Waals surface area contributed by atoms with Gasteiger partial charge in [0.2, 0.25) is 0 Å². The molecular formula is C13H18BrN. The van der Waals surface area contributed by atoms with E-state index in [1.54, 1.807) is 0 Å². The molecule has 2 heteroatoms. The average molecular weight is 268 g/mol. The average Bonchev–Trinajstić information content (AvgIpc) is 2.50. The smallest absolute Gasteiger partial charge is 0.0207 e. The molecule has 0 amide bonds. The van der Waals surface area contributed by atoms with Crippen LogP contribution in [0.25, 0.3) is 0 Å². The molecule has 15 heavy (non-hydrogen) atoms. The molecule has 1 aromatic rings. The van der Waals surface area contributed by atoms with E-state index in [-0.39, 0.29) is 0 Å². The molecule has 0 spiro atoms. The summed E-state index contributed by atoms with van der Waals surface area (Å²) in [4.78, 5) is 0. The van der Waals surface area contributed by atoms with E-state index in [9.17, 15) is 0 Å². The molecule has 0 aromatic heterocycles. The highest BCUT2D eigenvalue weighted by Gasteiger charge is 2.13. The second-order valence-electron chi connectivity index (χ2n) is 4.34. The van der Waals surface area contributed by atoms with Gasteiger partial charge in [-0.25, -0.2) is 0 Å². The monoisotopic (exact) mass is 267 g/mol. The molecule has 0 radical (unpaired) electrons. The Bertz CT molecular complexity index is 303. The van der Waals surface area contributed by atoms with Crippen molar-refractivity contribution < 1.29 is 0 Å². The summed E-state index contributed by atoms with van der Waals surface area (Å²) in [7, 11) is 0. The second kappa shape index (κ2) is 5.66. The van der Waals surface area contributed by atoms with Crippen molar-refractivity contribution in [2.24, 2.45) is 5.92 Å². The predicted octanol–water partition coefficient (Wildman–Crippen LogP) is 3.38. The van der Waals surface area contributed by atoms with Gasteiger partial charge in [0.25, 0.3) is 0 Å². The van der Waals surface area contributed by atoms with Crippen molar-refractivity contribution in [3.8, 4) is 0 Å². The maximum Gasteiger partial charge on any atom is 0.0207 e. The first-order chi connectivity index (χ1) is 7.36. The zero-order valence-corrected chi connectivity index (χ0v) is 10.6. The van der Waals surface area contributed by atoms with E-state index in [1.807, 2.05) is 0 Å². The third-order valence-corrected chi connectivity index (χ3v) is 3.94. The Morgan fingerprint density at radius 1 is 1.20 bits per heavy atom. The summed E-state index contributed by atoms with van der Waals surface area (Å²) in [6, 6.07) is 8.60. The van der Waals surface area contributed by atoms with E-state index in [0.29, 0.717) is 0 Å². The molecule has 1 aromatic carbocycles. The van der Waals surface area contributed by atoms with Crippen molar-refractivity contribution in [1.82, 2.24) is 5.32 Å². The van der Waals surface area contributed by atoms with Crippen LogP contribution in [0.15, 0.2) is 28.7 Å². The summed E-state index contributed by atoms with van der Waals surface area (Å²) in [5.74, 6) is 0.860. The molecule has 1 heterocycles. The molecule has 82 valence electrons. The predicted molar refractivity (Wildman–Crippen MR) is 68.1 cm³/mol. The van der Waals surface area contributed by atoms with Gasteiger partial charge < -0.3 is 5.32 Å². The van der Waals surface area contributed by atoms with Gasteiger partial charge in [-0.3, -0.25) is 0 Å². The zero-order valence-electron chi connectivity index (χ0n) is 9.01. The molecule has 0 saturated carbocycles. The Hall–Kier alpha value is -0.340. The minimum atomic E-state index is 0.860. The quantitative estimate of drug-likeness (QED) is 0.867. The first-order valence-corrected chi connectivity index (χ1v) is 6.59.